The summed E-state index contributed by atoms with van der Waals surface area (Å²) < 4.78 is 0. The first-order valence-electron chi connectivity index (χ1n) is 8.16. The fraction of sp³-hybridized carbons (Fsp3) is 0.938. The highest BCUT2D eigenvalue weighted by molar-refractivity contribution is 5.78. The molecule has 2 fully saturated rings. The van der Waals surface area contributed by atoms with Crippen LogP contribution in [-0.2, 0) is 4.79 Å². The first-order valence-corrected chi connectivity index (χ1v) is 8.16. The van der Waals surface area contributed by atoms with Crippen LogP contribution in [-0.4, -0.2) is 11.9 Å². The Kier molecular flexibility index (Phi) is 6.02. The second-order valence-corrected chi connectivity index (χ2v) is 6.24. The van der Waals surface area contributed by atoms with Crippen molar-refractivity contribution < 1.29 is 4.79 Å². The molecule has 0 aromatic rings. The van der Waals surface area contributed by atoms with Crippen molar-refractivity contribution in [3.05, 3.63) is 0 Å². The summed E-state index contributed by atoms with van der Waals surface area (Å²) in [6, 6.07) is 0.473. The zero-order valence-electron chi connectivity index (χ0n) is 11.8. The van der Waals surface area contributed by atoms with E-state index < -0.39 is 0 Å². The van der Waals surface area contributed by atoms with Gasteiger partial charge < -0.3 is 5.32 Å². The number of rotatable bonds is 2. The summed E-state index contributed by atoms with van der Waals surface area (Å²) in [7, 11) is 0. The third-order valence-corrected chi connectivity index (χ3v) is 4.68. The maximum atomic E-state index is 12.3. The van der Waals surface area contributed by atoms with Gasteiger partial charge in [-0.15, -0.1) is 0 Å². The SMILES string of the molecule is O=C(NC1CCCCCCC1)C1CCCCCC1. The van der Waals surface area contributed by atoms with Crippen LogP contribution >= 0.6 is 0 Å². The molecule has 2 aliphatic carbocycles. The monoisotopic (exact) mass is 251 g/mol. The minimum absolute atomic E-state index is 0.318. The van der Waals surface area contributed by atoms with E-state index in [4.69, 9.17) is 0 Å². The van der Waals surface area contributed by atoms with Crippen molar-refractivity contribution >= 4 is 5.91 Å². The van der Waals surface area contributed by atoms with Crippen LogP contribution in [0, 0.1) is 5.92 Å². The maximum Gasteiger partial charge on any atom is 0.223 e. The quantitative estimate of drug-likeness (QED) is 0.733. The fourth-order valence-electron chi connectivity index (χ4n) is 3.46. The van der Waals surface area contributed by atoms with Gasteiger partial charge in [-0.05, 0) is 25.7 Å². The van der Waals surface area contributed by atoms with Gasteiger partial charge >= 0.3 is 0 Å². The zero-order chi connectivity index (χ0) is 12.6. The zero-order valence-corrected chi connectivity index (χ0v) is 11.8. The minimum Gasteiger partial charge on any atom is -0.353 e. The Morgan fingerprint density at radius 3 is 1.67 bits per heavy atom. The molecule has 2 aliphatic rings. The average molecular weight is 251 g/mol. The summed E-state index contributed by atoms with van der Waals surface area (Å²) in [6.45, 7) is 0. The predicted molar refractivity (Wildman–Crippen MR) is 75.4 cm³/mol. The van der Waals surface area contributed by atoms with Crippen LogP contribution in [0.4, 0.5) is 0 Å². The Labute approximate surface area is 112 Å². The molecule has 2 nitrogen and oxygen atoms in total. The number of amides is 1. The second-order valence-electron chi connectivity index (χ2n) is 6.24. The van der Waals surface area contributed by atoms with Gasteiger partial charge in [0.25, 0.3) is 0 Å². The molecule has 0 spiro atoms. The van der Waals surface area contributed by atoms with Crippen LogP contribution in [0.15, 0.2) is 0 Å². The van der Waals surface area contributed by atoms with Gasteiger partial charge in [0.1, 0.15) is 0 Å². The molecule has 0 aliphatic heterocycles. The molecule has 0 radical (unpaired) electrons. The highest BCUT2D eigenvalue weighted by Gasteiger charge is 2.22. The largest absolute Gasteiger partial charge is 0.353 e. The molecule has 2 rings (SSSR count). The van der Waals surface area contributed by atoms with Gasteiger partial charge in [0.05, 0.1) is 0 Å². The highest BCUT2D eigenvalue weighted by atomic mass is 16.1. The Morgan fingerprint density at radius 2 is 1.11 bits per heavy atom. The highest BCUT2D eigenvalue weighted by Crippen LogP contribution is 2.24. The van der Waals surface area contributed by atoms with Gasteiger partial charge in [-0.2, -0.15) is 0 Å². The van der Waals surface area contributed by atoms with Crippen molar-refractivity contribution in [3.8, 4) is 0 Å². The molecule has 0 saturated heterocycles. The van der Waals surface area contributed by atoms with E-state index in [1.165, 1.54) is 70.6 Å². The van der Waals surface area contributed by atoms with E-state index in [1.54, 1.807) is 0 Å². The average Bonchev–Trinajstić information content (AvgIpc) is 2.61. The van der Waals surface area contributed by atoms with Crippen LogP contribution < -0.4 is 5.32 Å². The Bertz CT molecular complexity index is 235. The van der Waals surface area contributed by atoms with E-state index >= 15 is 0 Å². The molecule has 0 atom stereocenters. The van der Waals surface area contributed by atoms with Gasteiger partial charge in [-0.1, -0.05) is 57.8 Å². The summed E-state index contributed by atoms with van der Waals surface area (Å²) in [5, 5.41) is 3.35. The van der Waals surface area contributed by atoms with E-state index in [0.717, 1.165) is 12.8 Å². The van der Waals surface area contributed by atoms with Crippen LogP contribution in [0.25, 0.3) is 0 Å². The van der Waals surface area contributed by atoms with E-state index in [9.17, 15) is 4.79 Å². The lowest BCUT2D eigenvalue weighted by Crippen LogP contribution is -2.39. The number of carbonyl (C=O) groups excluding carboxylic acids is 1. The van der Waals surface area contributed by atoms with Crippen molar-refractivity contribution in [2.45, 2.75) is 89.5 Å². The van der Waals surface area contributed by atoms with E-state index in [2.05, 4.69) is 5.32 Å². The molecule has 0 heterocycles. The van der Waals surface area contributed by atoms with Crippen LogP contribution in [0.3, 0.4) is 0 Å². The van der Waals surface area contributed by atoms with Crippen molar-refractivity contribution in [2.24, 2.45) is 5.92 Å². The van der Waals surface area contributed by atoms with Gasteiger partial charge in [-0.3, -0.25) is 4.79 Å². The lowest BCUT2D eigenvalue weighted by atomic mass is 9.94. The van der Waals surface area contributed by atoms with E-state index in [-0.39, 0.29) is 0 Å². The van der Waals surface area contributed by atoms with E-state index in [1.807, 2.05) is 0 Å². The molecule has 0 bridgehead atoms. The van der Waals surface area contributed by atoms with Gasteiger partial charge in [0.2, 0.25) is 5.91 Å². The molecule has 104 valence electrons. The molecular formula is C16H29NO. The van der Waals surface area contributed by atoms with Crippen LogP contribution in [0.2, 0.25) is 0 Å². The Morgan fingerprint density at radius 1 is 0.667 bits per heavy atom. The summed E-state index contributed by atoms with van der Waals surface area (Å²) in [5.74, 6) is 0.681. The summed E-state index contributed by atoms with van der Waals surface area (Å²) in [6.07, 6.45) is 16.5. The standard InChI is InChI=1S/C16H29NO/c18-16(14-10-6-4-5-7-11-14)17-15-12-8-2-1-3-9-13-15/h14-15H,1-13H2,(H,17,18). The molecule has 0 aromatic heterocycles. The topological polar surface area (TPSA) is 29.1 Å². The first-order chi connectivity index (χ1) is 8.86. The van der Waals surface area contributed by atoms with Gasteiger partial charge in [0.15, 0.2) is 0 Å². The molecular weight excluding hydrogens is 222 g/mol. The third-order valence-electron chi connectivity index (χ3n) is 4.68. The minimum atomic E-state index is 0.318. The second kappa shape index (κ2) is 7.81. The number of hydrogen-bond donors (Lipinski definition) is 1. The fourth-order valence-corrected chi connectivity index (χ4v) is 3.46. The smallest absolute Gasteiger partial charge is 0.223 e. The summed E-state index contributed by atoms with van der Waals surface area (Å²) in [5.41, 5.74) is 0. The predicted octanol–water partition coefficient (Wildman–Crippen LogP) is 4.19. The van der Waals surface area contributed by atoms with Gasteiger partial charge in [-0.25, -0.2) is 0 Å². The Hall–Kier alpha value is -0.530. The number of hydrogen-bond acceptors (Lipinski definition) is 1. The van der Waals surface area contributed by atoms with E-state index in [0.29, 0.717) is 17.9 Å². The van der Waals surface area contributed by atoms with Crippen molar-refractivity contribution in [3.63, 3.8) is 0 Å². The normalized spacial score (nSPS) is 24.9. The van der Waals surface area contributed by atoms with Crippen molar-refractivity contribution in [1.29, 1.82) is 0 Å². The number of nitrogens with one attached hydrogen (secondary N) is 1. The number of carbonyl (C=O) groups is 1. The third kappa shape index (κ3) is 4.62. The maximum absolute atomic E-state index is 12.3. The molecule has 1 amide bonds. The van der Waals surface area contributed by atoms with Crippen molar-refractivity contribution in [1.82, 2.24) is 5.32 Å². The first kappa shape index (κ1) is 13.9. The lowest BCUT2D eigenvalue weighted by molar-refractivity contribution is -0.126. The molecule has 2 saturated carbocycles. The van der Waals surface area contributed by atoms with Crippen LogP contribution in [0.1, 0.15) is 83.5 Å². The molecule has 2 heteroatoms. The van der Waals surface area contributed by atoms with Gasteiger partial charge in [0, 0.05) is 12.0 Å². The van der Waals surface area contributed by atoms with Crippen LogP contribution in [0.5, 0.6) is 0 Å². The summed E-state index contributed by atoms with van der Waals surface area (Å²) >= 11 is 0. The Balaban J connectivity index is 1.77. The van der Waals surface area contributed by atoms with Crippen molar-refractivity contribution in [2.75, 3.05) is 0 Å². The molecule has 0 unspecified atom stereocenters. The summed E-state index contributed by atoms with van der Waals surface area (Å²) in [4.78, 5) is 12.3. The molecule has 1 N–H and O–H groups in total. The lowest BCUT2D eigenvalue weighted by Gasteiger charge is -2.23. The molecule has 0 aromatic carbocycles. The molecule has 18 heavy (non-hydrogen) atoms.